The number of nitrogens with one attached hydrogen (secondary N) is 1. The summed E-state index contributed by atoms with van der Waals surface area (Å²) in [5, 5.41) is 23.9. The Morgan fingerprint density at radius 2 is 2.00 bits per heavy atom. The van der Waals surface area contributed by atoms with Crippen LogP contribution in [0.1, 0.15) is 37.7 Å². The van der Waals surface area contributed by atoms with Gasteiger partial charge in [0.2, 0.25) is 5.91 Å². The summed E-state index contributed by atoms with van der Waals surface area (Å²) in [6.45, 7) is 6.04. The van der Waals surface area contributed by atoms with E-state index in [1.807, 2.05) is 37.3 Å². The summed E-state index contributed by atoms with van der Waals surface area (Å²) < 4.78 is 1.56. The third kappa shape index (κ3) is 5.13. The lowest BCUT2D eigenvalue weighted by Gasteiger charge is -2.20. The third-order valence-electron chi connectivity index (χ3n) is 3.90. The Balaban J connectivity index is 2.08. The van der Waals surface area contributed by atoms with Gasteiger partial charge in [0.05, 0.1) is 6.10 Å². The number of aromatic nitrogens is 4. The summed E-state index contributed by atoms with van der Waals surface area (Å²) in [7, 11) is 0. The summed E-state index contributed by atoms with van der Waals surface area (Å²) in [5.41, 5.74) is 1.05. The fraction of sp³-hybridized carbons (Fsp3) is 0.529. The first kappa shape index (κ1) is 18.1. The van der Waals surface area contributed by atoms with Crippen molar-refractivity contribution in [2.24, 2.45) is 5.92 Å². The van der Waals surface area contributed by atoms with Crippen molar-refractivity contribution < 1.29 is 9.90 Å². The van der Waals surface area contributed by atoms with Crippen LogP contribution in [0.3, 0.4) is 0 Å². The molecule has 2 aromatic rings. The average molecular weight is 331 g/mol. The molecule has 0 aliphatic rings. The Labute approximate surface area is 142 Å². The quantitative estimate of drug-likeness (QED) is 0.760. The molecular formula is C17H25N5O2. The average Bonchev–Trinajstić information content (AvgIpc) is 2.96. The molecule has 1 heterocycles. The lowest BCUT2D eigenvalue weighted by Crippen LogP contribution is -2.37. The number of aliphatic hydroxyl groups is 1. The molecule has 2 rings (SSSR count). The molecule has 3 unspecified atom stereocenters. The molecule has 0 radical (unpaired) electrons. The maximum atomic E-state index is 12.7. The maximum absolute atomic E-state index is 12.7. The number of nitrogens with zero attached hydrogens (tertiary/aromatic N) is 4. The molecule has 0 spiro atoms. The van der Waals surface area contributed by atoms with Gasteiger partial charge in [-0.25, -0.2) is 4.68 Å². The number of carbonyl (C=O) groups is 1. The maximum Gasteiger partial charge on any atom is 0.245 e. The number of aryl methyl sites for hydroxylation is 1. The Morgan fingerprint density at radius 3 is 2.58 bits per heavy atom. The van der Waals surface area contributed by atoms with E-state index >= 15 is 0 Å². The van der Waals surface area contributed by atoms with E-state index in [0.29, 0.717) is 25.2 Å². The van der Waals surface area contributed by atoms with Gasteiger partial charge in [0.1, 0.15) is 11.9 Å². The van der Waals surface area contributed by atoms with Crippen molar-refractivity contribution in [3.8, 4) is 0 Å². The second kappa shape index (κ2) is 8.54. The molecule has 7 nitrogen and oxygen atoms in total. The van der Waals surface area contributed by atoms with Gasteiger partial charge < -0.3 is 10.4 Å². The molecule has 1 amide bonds. The van der Waals surface area contributed by atoms with E-state index in [2.05, 4.69) is 20.8 Å². The van der Waals surface area contributed by atoms with Crippen LogP contribution in [-0.4, -0.2) is 43.9 Å². The first-order valence-electron chi connectivity index (χ1n) is 8.21. The smallest absolute Gasteiger partial charge is 0.245 e. The summed E-state index contributed by atoms with van der Waals surface area (Å²) in [5.74, 6) is 0.677. The summed E-state index contributed by atoms with van der Waals surface area (Å²) in [6.07, 6.45) is 0.787. The molecule has 2 N–H and O–H groups in total. The molecular weight excluding hydrogens is 306 g/mol. The molecule has 3 atom stereocenters. The fourth-order valence-corrected chi connectivity index (χ4v) is 2.71. The van der Waals surface area contributed by atoms with Gasteiger partial charge in [-0.2, -0.15) is 0 Å². The number of rotatable bonds is 8. The molecule has 0 saturated heterocycles. The molecule has 0 saturated carbocycles. The molecule has 130 valence electrons. The Hall–Kier alpha value is -2.28. The van der Waals surface area contributed by atoms with Crippen LogP contribution in [0.15, 0.2) is 30.3 Å². The van der Waals surface area contributed by atoms with E-state index in [1.165, 1.54) is 0 Å². The van der Waals surface area contributed by atoms with Crippen molar-refractivity contribution in [2.75, 3.05) is 6.54 Å². The molecule has 0 fully saturated rings. The third-order valence-corrected chi connectivity index (χ3v) is 3.90. The van der Waals surface area contributed by atoms with E-state index in [1.54, 1.807) is 18.5 Å². The number of hydrogen-bond acceptors (Lipinski definition) is 5. The Morgan fingerprint density at radius 1 is 1.29 bits per heavy atom. The first-order valence-corrected chi connectivity index (χ1v) is 8.21. The molecule has 24 heavy (non-hydrogen) atoms. The van der Waals surface area contributed by atoms with Crippen molar-refractivity contribution in [3.63, 3.8) is 0 Å². The monoisotopic (exact) mass is 331 g/mol. The van der Waals surface area contributed by atoms with Gasteiger partial charge in [0.25, 0.3) is 0 Å². The highest BCUT2D eigenvalue weighted by molar-refractivity contribution is 5.80. The van der Waals surface area contributed by atoms with Crippen molar-refractivity contribution in [1.82, 2.24) is 25.5 Å². The second-order valence-corrected chi connectivity index (χ2v) is 6.31. The van der Waals surface area contributed by atoms with Gasteiger partial charge in [0, 0.05) is 13.0 Å². The zero-order valence-electron chi connectivity index (χ0n) is 14.4. The predicted molar refractivity (Wildman–Crippen MR) is 90.2 cm³/mol. The van der Waals surface area contributed by atoms with Gasteiger partial charge in [-0.15, -0.1) is 5.10 Å². The van der Waals surface area contributed by atoms with E-state index in [9.17, 15) is 9.90 Å². The molecule has 1 aromatic carbocycles. The highest BCUT2D eigenvalue weighted by Gasteiger charge is 2.24. The summed E-state index contributed by atoms with van der Waals surface area (Å²) >= 11 is 0. The van der Waals surface area contributed by atoms with Crippen LogP contribution in [0.4, 0.5) is 0 Å². The normalized spacial score (nSPS) is 14.8. The molecule has 0 aliphatic carbocycles. The minimum absolute atomic E-state index is 0.119. The topological polar surface area (TPSA) is 92.9 Å². The predicted octanol–water partition coefficient (Wildman–Crippen LogP) is 1.29. The largest absolute Gasteiger partial charge is 0.393 e. The Bertz CT molecular complexity index is 641. The molecule has 0 aliphatic heterocycles. The van der Waals surface area contributed by atoms with E-state index < -0.39 is 6.04 Å². The van der Waals surface area contributed by atoms with Crippen molar-refractivity contribution in [3.05, 3.63) is 41.7 Å². The number of benzene rings is 1. The fourth-order valence-electron chi connectivity index (χ4n) is 2.71. The molecule has 0 bridgehead atoms. The van der Waals surface area contributed by atoms with E-state index in [-0.39, 0.29) is 17.9 Å². The van der Waals surface area contributed by atoms with Gasteiger partial charge >= 0.3 is 0 Å². The van der Waals surface area contributed by atoms with Crippen LogP contribution in [-0.2, 0) is 11.2 Å². The minimum atomic E-state index is -0.499. The molecule has 1 aromatic heterocycles. The van der Waals surface area contributed by atoms with Crippen LogP contribution in [0.25, 0.3) is 0 Å². The second-order valence-electron chi connectivity index (χ2n) is 6.31. The lowest BCUT2D eigenvalue weighted by molar-refractivity contribution is -0.124. The highest BCUT2D eigenvalue weighted by Crippen LogP contribution is 2.15. The van der Waals surface area contributed by atoms with E-state index in [0.717, 1.165) is 5.56 Å². The van der Waals surface area contributed by atoms with Crippen LogP contribution in [0.2, 0.25) is 0 Å². The zero-order valence-corrected chi connectivity index (χ0v) is 14.4. The number of aliphatic hydroxyl groups excluding tert-OH is 1. The van der Waals surface area contributed by atoms with Crippen LogP contribution < -0.4 is 5.32 Å². The number of carbonyl (C=O) groups excluding carboxylic acids is 1. The van der Waals surface area contributed by atoms with Gasteiger partial charge in [-0.05, 0) is 42.2 Å². The van der Waals surface area contributed by atoms with Gasteiger partial charge in [0.15, 0.2) is 0 Å². The number of amides is 1. The first-order chi connectivity index (χ1) is 11.5. The van der Waals surface area contributed by atoms with Crippen molar-refractivity contribution in [2.45, 2.75) is 45.8 Å². The van der Waals surface area contributed by atoms with Crippen LogP contribution in [0, 0.1) is 12.8 Å². The van der Waals surface area contributed by atoms with Crippen LogP contribution in [0.5, 0.6) is 0 Å². The van der Waals surface area contributed by atoms with Crippen LogP contribution >= 0.6 is 0 Å². The highest BCUT2D eigenvalue weighted by atomic mass is 16.3. The minimum Gasteiger partial charge on any atom is -0.393 e. The van der Waals surface area contributed by atoms with Gasteiger partial charge in [-0.1, -0.05) is 37.3 Å². The van der Waals surface area contributed by atoms with Gasteiger partial charge in [-0.3, -0.25) is 4.79 Å². The lowest BCUT2D eigenvalue weighted by atomic mass is 10.0. The Kier molecular flexibility index (Phi) is 6.43. The number of tetrazole rings is 1. The summed E-state index contributed by atoms with van der Waals surface area (Å²) in [6, 6.07) is 9.30. The molecule has 7 heteroatoms. The zero-order chi connectivity index (χ0) is 17.5. The summed E-state index contributed by atoms with van der Waals surface area (Å²) in [4.78, 5) is 12.7. The van der Waals surface area contributed by atoms with Crippen molar-refractivity contribution >= 4 is 5.91 Å². The van der Waals surface area contributed by atoms with Crippen molar-refractivity contribution in [1.29, 1.82) is 0 Å². The SMILES string of the molecule is Cc1nnnn1C(Cc1ccccc1)C(=O)NCC(C)CC(C)O. The number of hydrogen-bond donors (Lipinski definition) is 2. The van der Waals surface area contributed by atoms with E-state index in [4.69, 9.17) is 0 Å². The standard InChI is InChI=1S/C17H25N5O2/c1-12(9-13(2)23)11-18-17(24)16(22-14(3)19-20-21-22)10-15-7-5-4-6-8-15/h4-8,12-13,16,23H,9-11H2,1-3H3,(H,18,24).